The van der Waals surface area contributed by atoms with Crippen LogP contribution in [0, 0.1) is 13.8 Å². The van der Waals surface area contributed by atoms with Crippen LogP contribution in [0.4, 0.5) is 5.69 Å². The molecule has 0 atom stereocenters. The van der Waals surface area contributed by atoms with Gasteiger partial charge in [-0.1, -0.05) is 6.07 Å². The van der Waals surface area contributed by atoms with Gasteiger partial charge in [0.25, 0.3) is 0 Å². The van der Waals surface area contributed by atoms with Crippen molar-refractivity contribution in [1.82, 2.24) is 0 Å². The Balaban J connectivity index is 2.91. The quantitative estimate of drug-likeness (QED) is 0.791. The zero-order valence-electron chi connectivity index (χ0n) is 9.65. The molecule has 0 unspecified atom stereocenters. The van der Waals surface area contributed by atoms with Gasteiger partial charge in [-0.2, -0.15) is 0 Å². The number of hydrogen-bond acceptors (Lipinski definition) is 2. The smallest absolute Gasteiger partial charge is 0.312 e. The second-order valence-corrected chi connectivity index (χ2v) is 3.87. The molecule has 0 saturated heterocycles. The summed E-state index contributed by atoms with van der Waals surface area (Å²) < 4.78 is 0. The van der Waals surface area contributed by atoms with Gasteiger partial charge in [-0.3, -0.25) is 9.59 Å². The van der Waals surface area contributed by atoms with E-state index in [9.17, 15) is 9.59 Å². The van der Waals surface area contributed by atoms with Crippen LogP contribution in [0.1, 0.15) is 17.5 Å². The highest BCUT2D eigenvalue weighted by molar-refractivity contribution is 6.02. The molecule has 4 nitrogen and oxygen atoms in total. The molecular weight excluding hydrogens is 206 g/mol. The van der Waals surface area contributed by atoms with Crippen LogP contribution in [0.15, 0.2) is 18.2 Å². The summed E-state index contributed by atoms with van der Waals surface area (Å²) in [7, 11) is 1.58. The van der Waals surface area contributed by atoms with Crippen molar-refractivity contribution < 1.29 is 14.7 Å². The minimum atomic E-state index is -1.11. The van der Waals surface area contributed by atoms with E-state index < -0.39 is 18.3 Å². The molecule has 1 aromatic carbocycles. The molecular formula is C12H15NO3. The first-order valence-corrected chi connectivity index (χ1v) is 4.97. The Morgan fingerprint density at radius 1 is 1.19 bits per heavy atom. The molecule has 0 radical (unpaired) electrons. The number of carboxylic acids is 1. The molecule has 1 rings (SSSR count). The standard InChI is InChI=1S/C12H15NO3/c1-8-4-9(2)6-10(5-8)13(3)11(14)7-12(15)16/h4-6H,7H2,1-3H3,(H,15,16). The fourth-order valence-corrected chi connectivity index (χ4v) is 1.54. The molecule has 86 valence electrons. The van der Waals surface area contributed by atoms with Gasteiger partial charge in [0.1, 0.15) is 6.42 Å². The van der Waals surface area contributed by atoms with Gasteiger partial charge in [-0.25, -0.2) is 0 Å². The number of rotatable bonds is 3. The predicted molar refractivity (Wildman–Crippen MR) is 61.6 cm³/mol. The highest BCUT2D eigenvalue weighted by Crippen LogP contribution is 2.18. The van der Waals surface area contributed by atoms with Crippen molar-refractivity contribution in [2.75, 3.05) is 11.9 Å². The van der Waals surface area contributed by atoms with Gasteiger partial charge in [-0.15, -0.1) is 0 Å². The van der Waals surface area contributed by atoms with E-state index in [2.05, 4.69) is 0 Å². The van der Waals surface area contributed by atoms with Gasteiger partial charge in [0.15, 0.2) is 0 Å². The molecule has 0 saturated carbocycles. The van der Waals surface area contributed by atoms with E-state index in [0.717, 1.165) is 16.8 Å². The summed E-state index contributed by atoms with van der Waals surface area (Å²) in [5.74, 6) is -1.53. The Morgan fingerprint density at radius 2 is 1.69 bits per heavy atom. The number of aryl methyl sites for hydroxylation is 2. The zero-order chi connectivity index (χ0) is 12.3. The number of carboxylic acid groups (broad SMARTS) is 1. The van der Waals surface area contributed by atoms with Gasteiger partial charge < -0.3 is 10.0 Å². The third kappa shape index (κ3) is 3.08. The van der Waals surface area contributed by atoms with Crippen molar-refractivity contribution in [3.63, 3.8) is 0 Å². The van der Waals surface area contributed by atoms with Gasteiger partial charge in [0.2, 0.25) is 5.91 Å². The van der Waals surface area contributed by atoms with Crippen LogP contribution < -0.4 is 4.90 Å². The summed E-state index contributed by atoms with van der Waals surface area (Å²) in [6.07, 6.45) is -0.483. The van der Waals surface area contributed by atoms with Gasteiger partial charge in [0.05, 0.1) is 0 Å². The summed E-state index contributed by atoms with van der Waals surface area (Å²) in [6, 6.07) is 5.71. The van der Waals surface area contributed by atoms with E-state index in [4.69, 9.17) is 5.11 Å². The molecule has 0 aliphatic rings. The largest absolute Gasteiger partial charge is 0.481 e. The highest BCUT2D eigenvalue weighted by atomic mass is 16.4. The molecule has 4 heteroatoms. The minimum Gasteiger partial charge on any atom is -0.481 e. The molecule has 1 aromatic rings. The predicted octanol–water partition coefficient (Wildman–Crippen LogP) is 1.74. The van der Waals surface area contributed by atoms with Crippen molar-refractivity contribution in [2.45, 2.75) is 20.3 Å². The Hall–Kier alpha value is -1.84. The molecule has 0 bridgehead atoms. The number of hydrogen-bond donors (Lipinski definition) is 1. The van der Waals surface area contributed by atoms with Crippen LogP contribution in [-0.2, 0) is 9.59 Å². The molecule has 1 amide bonds. The molecule has 1 N–H and O–H groups in total. The maximum atomic E-state index is 11.5. The second-order valence-electron chi connectivity index (χ2n) is 3.87. The third-order valence-corrected chi connectivity index (χ3v) is 2.27. The average molecular weight is 221 g/mol. The Kier molecular flexibility index (Phi) is 3.66. The summed E-state index contributed by atoms with van der Waals surface area (Å²) in [4.78, 5) is 23.3. The zero-order valence-corrected chi connectivity index (χ0v) is 9.65. The van der Waals surface area contributed by atoms with E-state index in [1.165, 1.54) is 4.90 Å². The number of amides is 1. The maximum Gasteiger partial charge on any atom is 0.312 e. The molecule has 0 heterocycles. The lowest BCUT2D eigenvalue weighted by atomic mass is 10.1. The SMILES string of the molecule is Cc1cc(C)cc(N(C)C(=O)CC(=O)O)c1. The van der Waals surface area contributed by atoms with E-state index in [1.54, 1.807) is 7.05 Å². The minimum absolute atomic E-state index is 0.419. The second kappa shape index (κ2) is 4.79. The molecule has 16 heavy (non-hydrogen) atoms. The first-order chi connectivity index (χ1) is 7.40. The summed E-state index contributed by atoms with van der Waals surface area (Å²) in [5, 5.41) is 8.54. The number of nitrogens with zero attached hydrogens (tertiary/aromatic N) is 1. The topological polar surface area (TPSA) is 57.6 Å². The van der Waals surface area contributed by atoms with Crippen molar-refractivity contribution in [2.24, 2.45) is 0 Å². The molecule has 0 spiro atoms. The lowest BCUT2D eigenvalue weighted by Crippen LogP contribution is -2.28. The first-order valence-electron chi connectivity index (χ1n) is 4.97. The fourth-order valence-electron chi connectivity index (χ4n) is 1.54. The van der Waals surface area contributed by atoms with Crippen molar-refractivity contribution in [1.29, 1.82) is 0 Å². The highest BCUT2D eigenvalue weighted by Gasteiger charge is 2.14. The lowest BCUT2D eigenvalue weighted by Gasteiger charge is -2.17. The molecule has 0 aliphatic carbocycles. The van der Waals surface area contributed by atoms with Crippen LogP contribution in [0.3, 0.4) is 0 Å². The van der Waals surface area contributed by atoms with Crippen LogP contribution >= 0.6 is 0 Å². The van der Waals surface area contributed by atoms with Crippen molar-refractivity contribution in [3.05, 3.63) is 29.3 Å². The number of benzene rings is 1. The Morgan fingerprint density at radius 3 is 2.12 bits per heavy atom. The Labute approximate surface area is 94.5 Å². The van der Waals surface area contributed by atoms with Crippen molar-refractivity contribution in [3.8, 4) is 0 Å². The first kappa shape index (κ1) is 12.2. The molecule has 0 fully saturated rings. The third-order valence-electron chi connectivity index (χ3n) is 2.27. The Bertz CT molecular complexity index is 406. The lowest BCUT2D eigenvalue weighted by molar-refractivity contribution is -0.140. The summed E-state index contributed by atoms with van der Waals surface area (Å²) in [6.45, 7) is 3.87. The molecule has 0 aromatic heterocycles. The normalized spacial score (nSPS) is 9.94. The van der Waals surface area contributed by atoms with Crippen LogP contribution in [0.2, 0.25) is 0 Å². The molecule has 0 aliphatic heterocycles. The van der Waals surface area contributed by atoms with Crippen molar-refractivity contribution >= 4 is 17.6 Å². The number of carbonyl (C=O) groups excluding carboxylic acids is 1. The summed E-state index contributed by atoms with van der Waals surface area (Å²) >= 11 is 0. The van der Waals surface area contributed by atoms with Gasteiger partial charge >= 0.3 is 5.97 Å². The van der Waals surface area contributed by atoms with Gasteiger partial charge in [-0.05, 0) is 37.1 Å². The van der Waals surface area contributed by atoms with E-state index in [0.29, 0.717) is 0 Å². The van der Waals surface area contributed by atoms with E-state index in [-0.39, 0.29) is 0 Å². The number of carbonyl (C=O) groups is 2. The fraction of sp³-hybridized carbons (Fsp3) is 0.333. The summed E-state index contributed by atoms with van der Waals surface area (Å²) in [5.41, 5.74) is 2.82. The number of aliphatic carboxylic acids is 1. The van der Waals surface area contributed by atoms with Crippen LogP contribution in [-0.4, -0.2) is 24.0 Å². The van der Waals surface area contributed by atoms with Crippen LogP contribution in [0.25, 0.3) is 0 Å². The number of anilines is 1. The van der Waals surface area contributed by atoms with Gasteiger partial charge in [0, 0.05) is 12.7 Å². The monoisotopic (exact) mass is 221 g/mol. The van der Waals surface area contributed by atoms with E-state index >= 15 is 0 Å². The van der Waals surface area contributed by atoms with Crippen LogP contribution in [0.5, 0.6) is 0 Å². The average Bonchev–Trinajstić information content (AvgIpc) is 2.13. The maximum absolute atomic E-state index is 11.5. The van der Waals surface area contributed by atoms with E-state index in [1.807, 2.05) is 32.0 Å².